The van der Waals surface area contributed by atoms with Gasteiger partial charge in [-0.1, -0.05) is 15.9 Å². The second-order valence-corrected chi connectivity index (χ2v) is 5.22. The summed E-state index contributed by atoms with van der Waals surface area (Å²) in [6.07, 6.45) is 0.221. The first kappa shape index (κ1) is 12.9. The lowest BCUT2D eigenvalue weighted by Crippen LogP contribution is -2.55. The van der Waals surface area contributed by atoms with Crippen molar-refractivity contribution in [1.29, 1.82) is 5.26 Å². The number of likely N-dealkylation sites (N-methyl/N-ethyl adjacent to an activating group) is 1. The van der Waals surface area contributed by atoms with Crippen LogP contribution in [0.5, 0.6) is 0 Å². The van der Waals surface area contributed by atoms with Crippen molar-refractivity contribution in [1.82, 2.24) is 4.90 Å². The first-order valence-electron chi connectivity index (χ1n) is 5.77. The summed E-state index contributed by atoms with van der Waals surface area (Å²) in [5.41, 5.74) is 0.986. The molecule has 94 valence electrons. The molecule has 0 spiro atoms. The molecular formula is C13H14BrN3O. The van der Waals surface area contributed by atoms with Gasteiger partial charge in [0.2, 0.25) is 5.91 Å². The van der Waals surface area contributed by atoms with Crippen LogP contribution < -0.4 is 4.90 Å². The van der Waals surface area contributed by atoms with Crippen LogP contribution in [0.25, 0.3) is 0 Å². The molecule has 1 heterocycles. The van der Waals surface area contributed by atoms with Gasteiger partial charge in [-0.05, 0) is 24.3 Å². The molecule has 1 aliphatic rings. The second-order valence-electron chi connectivity index (χ2n) is 4.31. The number of piperazine rings is 1. The van der Waals surface area contributed by atoms with E-state index in [1.807, 2.05) is 29.2 Å². The molecule has 1 aromatic rings. The molecule has 1 saturated heterocycles. The van der Waals surface area contributed by atoms with Crippen molar-refractivity contribution >= 4 is 27.5 Å². The molecule has 0 radical (unpaired) electrons. The van der Waals surface area contributed by atoms with Crippen LogP contribution in [0.3, 0.4) is 0 Å². The Kier molecular flexibility index (Phi) is 3.87. The third-order valence-corrected chi connectivity index (χ3v) is 3.69. The van der Waals surface area contributed by atoms with Gasteiger partial charge in [0.25, 0.3) is 0 Å². The highest BCUT2D eigenvalue weighted by molar-refractivity contribution is 9.10. The number of rotatable bonds is 2. The number of benzene rings is 1. The van der Waals surface area contributed by atoms with Crippen LogP contribution >= 0.6 is 15.9 Å². The smallest absolute Gasteiger partial charge is 0.246 e. The van der Waals surface area contributed by atoms with Gasteiger partial charge in [-0.15, -0.1) is 0 Å². The molecule has 1 fully saturated rings. The number of nitrogens with zero attached hydrogens (tertiary/aromatic N) is 3. The van der Waals surface area contributed by atoms with Crippen LogP contribution in [0.2, 0.25) is 0 Å². The van der Waals surface area contributed by atoms with Crippen molar-refractivity contribution < 1.29 is 4.79 Å². The van der Waals surface area contributed by atoms with Crippen molar-refractivity contribution in [2.45, 2.75) is 12.5 Å². The second kappa shape index (κ2) is 5.40. The highest BCUT2D eigenvalue weighted by Gasteiger charge is 2.32. The van der Waals surface area contributed by atoms with Crippen molar-refractivity contribution in [3.63, 3.8) is 0 Å². The standard InChI is InChI=1S/C13H14BrN3O/c1-16-8-9-17(12(6-7-15)13(16)18)11-4-2-10(14)3-5-11/h2-5,12H,6,8-9H2,1H3. The van der Waals surface area contributed by atoms with Gasteiger partial charge in [0.05, 0.1) is 12.5 Å². The highest BCUT2D eigenvalue weighted by atomic mass is 79.9. The predicted molar refractivity (Wildman–Crippen MR) is 73.1 cm³/mol. The summed E-state index contributed by atoms with van der Waals surface area (Å²) in [4.78, 5) is 15.8. The van der Waals surface area contributed by atoms with E-state index in [-0.39, 0.29) is 18.4 Å². The third-order valence-electron chi connectivity index (χ3n) is 3.16. The van der Waals surface area contributed by atoms with Crippen molar-refractivity contribution in [2.24, 2.45) is 0 Å². The summed E-state index contributed by atoms with van der Waals surface area (Å²) >= 11 is 3.39. The number of halogens is 1. The fourth-order valence-corrected chi connectivity index (χ4v) is 2.40. The zero-order valence-electron chi connectivity index (χ0n) is 10.1. The average molecular weight is 308 g/mol. The quantitative estimate of drug-likeness (QED) is 0.839. The maximum atomic E-state index is 12.1. The minimum atomic E-state index is -0.366. The summed E-state index contributed by atoms with van der Waals surface area (Å²) in [6.45, 7) is 1.45. The Morgan fingerprint density at radius 2 is 2.06 bits per heavy atom. The summed E-state index contributed by atoms with van der Waals surface area (Å²) in [6, 6.07) is 9.56. The van der Waals surface area contributed by atoms with Crippen LogP contribution in [0.1, 0.15) is 6.42 Å². The normalized spacial score (nSPS) is 19.8. The zero-order chi connectivity index (χ0) is 13.1. The SMILES string of the molecule is CN1CCN(c2ccc(Br)cc2)C(CC#N)C1=O. The van der Waals surface area contributed by atoms with Crippen molar-refractivity contribution in [2.75, 3.05) is 25.0 Å². The van der Waals surface area contributed by atoms with Gasteiger partial charge in [0, 0.05) is 30.3 Å². The molecular weight excluding hydrogens is 294 g/mol. The average Bonchev–Trinajstić information content (AvgIpc) is 2.37. The van der Waals surface area contributed by atoms with Gasteiger partial charge in [0.1, 0.15) is 6.04 Å². The number of nitriles is 1. The van der Waals surface area contributed by atoms with E-state index < -0.39 is 0 Å². The minimum Gasteiger partial charge on any atom is -0.357 e. The first-order chi connectivity index (χ1) is 8.63. The summed E-state index contributed by atoms with van der Waals surface area (Å²) < 4.78 is 1.00. The third kappa shape index (κ3) is 2.49. The van der Waals surface area contributed by atoms with Gasteiger partial charge >= 0.3 is 0 Å². The summed E-state index contributed by atoms with van der Waals surface area (Å²) in [5, 5.41) is 8.88. The van der Waals surface area contributed by atoms with E-state index in [0.717, 1.165) is 16.7 Å². The molecule has 0 N–H and O–H groups in total. The van der Waals surface area contributed by atoms with E-state index in [4.69, 9.17) is 5.26 Å². The maximum absolute atomic E-state index is 12.1. The topological polar surface area (TPSA) is 47.3 Å². The Bertz CT molecular complexity index is 480. The van der Waals surface area contributed by atoms with Gasteiger partial charge in [-0.3, -0.25) is 4.79 Å². The Balaban J connectivity index is 2.27. The van der Waals surface area contributed by atoms with Crippen LogP contribution in [0.15, 0.2) is 28.7 Å². The maximum Gasteiger partial charge on any atom is 0.246 e. The molecule has 1 atom stereocenters. The van der Waals surface area contributed by atoms with Gasteiger partial charge in [-0.2, -0.15) is 5.26 Å². The lowest BCUT2D eigenvalue weighted by atomic mass is 10.1. The van der Waals surface area contributed by atoms with E-state index in [1.165, 1.54) is 0 Å². The number of anilines is 1. The Morgan fingerprint density at radius 1 is 1.39 bits per heavy atom. The molecule has 18 heavy (non-hydrogen) atoms. The number of carbonyl (C=O) groups is 1. The monoisotopic (exact) mass is 307 g/mol. The van der Waals surface area contributed by atoms with Crippen LogP contribution in [-0.2, 0) is 4.79 Å². The largest absolute Gasteiger partial charge is 0.357 e. The highest BCUT2D eigenvalue weighted by Crippen LogP contribution is 2.24. The molecule has 0 aromatic heterocycles. The van der Waals surface area contributed by atoms with Crippen LogP contribution in [-0.4, -0.2) is 37.0 Å². The van der Waals surface area contributed by atoms with E-state index in [0.29, 0.717) is 6.54 Å². The lowest BCUT2D eigenvalue weighted by molar-refractivity contribution is -0.132. The fourth-order valence-electron chi connectivity index (χ4n) is 2.14. The number of hydrogen-bond acceptors (Lipinski definition) is 3. The fraction of sp³-hybridized carbons (Fsp3) is 0.385. The first-order valence-corrected chi connectivity index (χ1v) is 6.57. The van der Waals surface area contributed by atoms with Crippen molar-refractivity contribution in [3.8, 4) is 6.07 Å². The van der Waals surface area contributed by atoms with E-state index >= 15 is 0 Å². The summed E-state index contributed by atoms with van der Waals surface area (Å²) in [7, 11) is 1.78. The van der Waals surface area contributed by atoms with Gasteiger partial charge in [-0.25, -0.2) is 0 Å². The molecule has 0 bridgehead atoms. The Morgan fingerprint density at radius 3 is 2.67 bits per heavy atom. The molecule has 5 heteroatoms. The van der Waals surface area contributed by atoms with Gasteiger partial charge in [0.15, 0.2) is 0 Å². The zero-order valence-corrected chi connectivity index (χ0v) is 11.7. The molecule has 1 aliphatic heterocycles. The van der Waals surface area contributed by atoms with E-state index in [2.05, 4.69) is 22.0 Å². The number of carbonyl (C=O) groups excluding carboxylic acids is 1. The molecule has 0 aliphatic carbocycles. The Hall–Kier alpha value is -1.54. The molecule has 1 amide bonds. The van der Waals surface area contributed by atoms with E-state index in [1.54, 1.807) is 11.9 Å². The van der Waals surface area contributed by atoms with Gasteiger partial charge < -0.3 is 9.80 Å². The van der Waals surface area contributed by atoms with Crippen LogP contribution in [0, 0.1) is 11.3 Å². The molecule has 1 unspecified atom stereocenters. The van der Waals surface area contributed by atoms with Crippen LogP contribution in [0.4, 0.5) is 5.69 Å². The minimum absolute atomic E-state index is 0.0192. The molecule has 1 aromatic carbocycles. The molecule has 0 saturated carbocycles. The summed E-state index contributed by atoms with van der Waals surface area (Å²) in [5.74, 6) is 0.0192. The Labute approximate surface area is 115 Å². The lowest BCUT2D eigenvalue weighted by Gasteiger charge is -2.39. The number of hydrogen-bond donors (Lipinski definition) is 0. The number of amides is 1. The van der Waals surface area contributed by atoms with E-state index in [9.17, 15) is 4.79 Å². The molecule has 2 rings (SSSR count). The molecule has 4 nitrogen and oxygen atoms in total. The predicted octanol–water partition coefficient (Wildman–Crippen LogP) is 2.01. The van der Waals surface area contributed by atoms with Crippen molar-refractivity contribution in [3.05, 3.63) is 28.7 Å².